The number of benzene rings is 1. The van der Waals surface area contributed by atoms with Crippen LogP contribution in [0.2, 0.25) is 0 Å². The van der Waals surface area contributed by atoms with E-state index in [0.29, 0.717) is 6.04 Å². The number of halogens is 2. The number of nitrogens with zero attached hydrogens (tertiary/aromatic N) is 1. The van der Waals surface area contributed by atoms with E-state index in [1.807, 2.05) is 0 Å². The van der Waals surface area contributed by atoms with Crippen molar-refractivity contribution in [2.45, 2.75) is 57.5 Å². The number of amides is 3. The highest BCUT2D eigenvalue weighted by atomic mass is 19.2. The van der Waals surface area contributed by atoms with Gasteiger partial charge in [0, 0.05) is 30.8 Å². The van der Waals surface area contributed by atoms with E-state index in [1.165, 1.54) is 6.07 Å². The van der Waals surface area contributed by atoms with Crippen LogP contribution in [-0.2, 0) is 14.4 Å². The molecule has 1 aromatic carbocycles. The summed E-state index contributed by atoms with van der Waals surface area (Å²) in [5.74, 6) is -5.13. The molecule has 3 fully saturated rings. The second-order valence-corrected chi connectivity index (χ2v) is 8.37. The first kappa shape index (κ1) is 21.6. The van der Waals surface area contributed by atoms with Crippen molar-refractivity contribution in [3.63, 3.8) is 0 Å². The summed E-state index contributed by atoms with van der Waals surface area (Å²) < 4.78 is 26.6. The third kappa shape index (κ3) is 4.40. The maximum atomic E-state index is 13.5. The Balaban J connectivity index is 1.50. The van der Waals surface area contributed by atoms with Crippen molar-refractivity contribution in [2.75, 3.05) is 11.9 Å². The lowest BCUT2D eigenvalue weighted by Gasteiger charge is -2.49. The maximum Gasteiger partial charge on any atom is 0.229 e. The van der Waals surface area contributed by atoms with Crippen LogP contribution in [0.5, 0.6) is 0 Å². The van der Waals surface area contributed by atoms with Crippen LogP contribution in [0.3, 0.4) is 0 Å². The van der Waals surface area contributed by atoms with E-state index in [1.54, 1.807) is 0 Å². The second-order valence-electron chi connectivity index (χ2n) is 8.37. The molecule has 0 bridgehead atoms. The minimum atomic E-state index is -1.09. The van der Waals surface area contributed by atoms with E-state index in [9.17, 15) is 23.2 Å². The van der Waals surface area contributed by atoms with Crippen LogP contribution in [0.4, 0.5) is 14.5 Å². The van der Waals surface area contributed by atoms with Crippen LogP contribution in [0.25, 0.3) is 0 Å². The molecule has 1 aromatic rings. The Labute approximate surface area is 179 Å². The van der Waals surface area contributed by atoms with Gasteiger partial charge in [-0.05, 0) is 31.4 Å². The zero-order valence-corrected chi connectivity index (χ0v) is 17.3. The molecule has 8 nitrogen and oxygen atoms in total. The fourth-order valence-electron chi connectivity index (χ4n) is 4.85. The van der Waals surface area contributed by atoms with E-state index in [2.05, 4.69) is 33.1 Å². The number of hydrogen-bond donors (Lipinski definition) is 4. The van der Waals surface area contributed by atoms with Crippen molar-refractivity contribution in [1.29, 1.82) is 0 Å². The first-order valence-corrected chi connectivity index (χ1v) is 10.7. The van der Waals surface area contributed by atoms with Gasteiger partial charge in [-0.1, -0.05) is 13.3 Å². The molecule has 0 saturated carbocycles. The SMILES string of the molecule is CCC1CCCCN1C1NC(=O)C2C(NC(=O)CC2C(=O)Nc2ccc(F)c(F)c2)N1. The number of rotatable bonds is 4. The molecule has 3 amide bonds. The number of carbonyl (C=O) groups excluding carboxylic acids is 3. The molecule has 168 valence electrons. The minimum absolute atomic E-state index is 0.0626. The molecule has 10 heteroatoms. The predicted molar refractivity (Wildman–Crippen MR) is 108 cm³/mol. The van der Waals surface area contributed by atoms with Crippen LogP contribution in [-0.4, -0.2) is 47.7 Å². The van der Waals surface area contributed by atoms with E-state index in [-0.39, 0.29) is 23.9 Å². The topological polar surface area (TPSA) is 103 Å². The average molecular weight is 435 g/mol. The Morgan fingerprint density at radius 2 is 2.00 bits per heavy atom. The van der Waals surface area contributed by atoms with E-state index >= 15 is 0 Å². The van der Waals surface area contributed by atoms with Crippen molar-refractivity contribution in [2.24, 2.45) is 11.8 Å². The summed E-state index contributed by atoms with van der Waals surface area (Å²) in [6, 6.07) is 3.33. The molecule has 3 heterocycles. The Hall–Kier alpha value is -2.59. The van der Waals surface area contributed by atoms with Gasteiger partial charge in [0.1, 0.15) is 6.29 Å². The monoisotopic (exact) mass is 435 g/mol. The summed E-state index contributed by atoms with van der Waals surface area (Å²) >= 11 is 0. The van der Waals surface area contributed by atoms with Gasteiger partial charge in [0.15, 0.2) is 11.6 Å². The number of anilines is 1. The normalized spacial score (nSPS) is 31.4. The van der Waals surface area contributed by atoms with Crippen molar-refractivity contribution in [1.82, 2.24) is 20.9 Å². The molecule has 5 atom stereocenters. The Morgan fingerprint density at radius 1 is 1.19 bits per heavy atom. The Kier molecular flexibility index (Phi) is 6.19. The number of carbonyl (C=O) groups is 3. The number of piperidine rings is 2. The molecule has 0 aliphatic carbocycles. The van der Waals surface area contributed by atoms with Gasteiger partial charge in [0.25, 0.3) is 0 Å². The fraction of sp³-hybridized carbons (Fsp3) is 0.571. The minimum Gasteiger partial charge on any atom is -0.340 e. The van der Waals surface area contributed by atoms with Crippen molar-refractivity contribution in [3.05, 3.63) is 29.8 Å². The van der Waals surface area contributed by atoms with Gasteiger partial charge in [-0.15, -0.1) is 0 Å². The van der Waals surface area contributed by atoms with Gasteiger partial charge >= 0.3 is 0 Å². The fourth-order valence-corrected chi connectivity index (χ4v) is 4.85. The zero-order chi connectivity index (χ0) is 22.1. The molecule has 5 unspecified atom stereocenters. The van der Waals surface area contributed by atoms with Gasteiger partial charge < -0.3 is 16.0 Å². The summed E-state index contributed by atoms with van der Waals surface area (Å²) in [7, 11) is 0. The van der Waals surface area contributed by atoms with E-state index < -0.39 is 41.8 Å². The zero-order valence-electron chi connectivity index (χ0n) is 17.3. The molecule has 3 aliphatic heterocycles. The molecule has 3 aliphatic rings. The highest BCUT2D eigenvalue weighted by Gasteiger charge is 2.49. The number of fused-ring (bicyclic) bond motifs is 1. The molecule has 0 radical (unpaired) electrons. The largest absolute Gasteiger partial charge is 0.340 e. The van der Waals surface area contributed by atoms with Crippen molar-refractivity contribution < 1.29 is 23.2 Å². The number of nitrogens with one attached hydrogen (secondary N) is 4. The van der Waals surface area contributed by atoms with Gasteiger partial charge in [0.05, 0.1) is 18.0 Å². The highest BCUT2D eigenvalue weighted by molar-refractivity contribution is 6.00. The Bertz CT molecular complexity index is 883. The molecule has 31 heavy (non-hydrogen) atoms. The van der Waals surface area contributed by atoms with Gasteiger partial charge in [-0.3, -0.25) is 24.6 Å². The summed E-state index contributed by atoms with van der Waals surface area (Å²) in [6.07, 6.45) is 2.89. The first-order chi connectivity index (χ1) is 14.9. The third-order valence-electron chi connectivity index (χ3n) is 6.43. The lowest BCUT2D eigenvalue weighted by molar-refractivity contribution is -0.148. The average Bonchev–Trinajstić information content (AvgIpc) is 2.75. The lowest BCUT2D eigenvalue weighted by Crippen LogP contribution is -2.75. The second kappa shape index (κ2) is 8.88. The van der Waals surface area contributed by atoms with Gasteiger partial charge in [-0.2, -0.15) is 0 Å². The van der Waals surface area contributed by atoms with Crippen LogP contribution in [0.15, 0.2) is 18.2 Å². The van der Waals surface area contributed by atoms with E-state index in [0.717, 1.165) is 44.4 Å². The first-order valence-electron chi connectivity index (χ1n) is 10.7. The summed E-state index contributed by atoms with van der Waals surface area (Å²) in [5, 5.41) is 11.5. The predicted octanol–water partition coefficient (Wildman–Crippen LogP) is 1.25. The smallest absolute Gasteiger partial charge is 0.229 e. The van der Waals surface area contributed by atoms with Crippen molar-refractivity contribution >= 4 is 23.4 Å². The van der Waals surface area contributed by atoms with Crippen LogP contribution >= 0.6 is 0 Å². The molecular weight excluding hydrogens is 408 g/mol. The molecule has 0 spiro atoms. The number of hydrogen-bond acceptors (Lipinski definition) is 5. The van der Waals surface area contributed by atoms with Crippen LogP contribution in [0.1, 0.15) is 39.0 Å². The van der Waals surface area contributed by atoms with E-state index in [4.69, 9.17) is 0 Å². The lowest BCUT2D eigenvalue weighted by atomic mass is 9.81. The number of likely N-dealkylation sites (tertiary alicyclic amines) is 1. The maximum absolute atomic E-state index is 13.5. The van der Waals surface area contributed by atoms with Gasteiger partial charge in [-0.25, -0.2) is 8.78 Å². The summed E-state index contributed by atoms with van der Waals surface area (Å²) in [5.41, 5.74) is 0.0626. The van der Waals surface area contributed by atoms with Crippen LogP contribution < -0.4 is 21.3 Å². The summed E-state index contributed by atoms with van der Waals surface area (Å²) in [6.45, 7) is 2.94. The highest BCUT2D eigenvalue weighted by Crippen LogP contribution is 2.30. The molecule has 0 aromatic heterocycles. The molecule has 3 saturated heterocycles. The van der Waals surface area contributed by atoms with Crippen LogP contribution in [0, 0.1) is 23.5 Å². The Morgan fingerprint density at radius 3 is 2.74 bits per heavy atom. The van der Waals surface area contributed by atoms with Gasteiger partial charge in [0.2, 0.25) is 17.7 Å². The molecular formula is C21H27F2N5O3. The quantitative estimate of drug-likeness (QED) is 0.570. The van der Waals surface area contributed by atoms with Crippen molar-refractivity contribution in [3.8, 4) is 0 Å². The third-order valence-corrected chi connectivity index (χ3v) is 6.43. The molecule has 4 N–H and O–H groups in total. The summed E-state index contributed by atoms with van der Waals surface area (Å²) in [4.78, 5) is 40.4. The molecule has 4 rings (SSSR count). The standard InChI is InChI=1S/C21H27F2N5O3/c1-2-12-5-3-4-8-28(12)21-26-18-17(20(31)27-21)13(10-16(29)25-18)19(30)24-11-6-7-14(22)15(23)9-11/h6-7,9,12-13,17-18,21,26H,2-5,8,10H2,1H3,(H,24,30)(H,25,29)(H,27,31).